The normalized spacial score (nSPS) is 14.1. The number of ether oxygens (including phenoxy) is 1. The van der Waals surface area contributed by atoms with Crippen molar-refractivity contribution in [3.8, 4) is 5.75 Å². The Morgan fingerprint density at radius 3 is 2.43 bits per heavy atom. The molecule has 1 heterocycles. The predicted octanol–water partition coefficient (Wildman–Crippen LogP) is 3.62. The fourth-order valence-electron chi connectivity index (χ4n) is 3.09. The van der Waals surface area contributed by atoms with Gasteiger partial charge in [0.1, 0.15) is 11.6 Å². The first-order valence-corrected chi connectivity index (χ1v) is 9.62. The molecule has 148 valence electrons. The fraction of sp³-hybridized carbons (Fsp3) is 0.333. The Labute approximate surface area is 168 Å². The van der Waals surface area contributed by atoms with Crippen LogP contribution in [0.25, 0.3) is 0 Å². The van der Waals surface area contributed by atoms with Gasteiger partial charge < -0.3 is 14.5 Å². The fourth-order valence-corrected chi connectivity index (χ4v) is 3.28. The summed E-state index contributed by atoms with van der Waals surface area (Å²) in [5.41, 5.74) is 0.330. The van der Waals surface area contributed by atoms with E-state index in [1.54, 1.807) is 28.0 Å². The van der Waals surface area contributed by atoms with Crippen LogP contribution in [0.1, 0.15) is 23.2 Å². The number of rotatable bonds is 6. The number of carbonyl (C=O) groups is 2. The molecule has 0 unspecified atom stereocenters. The number of piperazine rings is 1. The summed E-state index contributed by atoms with van der Waals surface area (Å²) in [6, 6.07) is 12.9. The van der Waals surface area contributed by atoms with Crippen molar-refractivity contribution in [3.63, 3.8) is 0 Å². The SMILES string of the molecule is O=C(CCCOc1ccccc1Cl)N1CCN(C(=O)c2cccc(F)c2)CC1. The van der Waals surface area contributed by atoms with Crippen LogP contribution in [0, 0.1) is 5.82 Å². The van der Waals surface area contributed by atoms with E-state index in [1.165, 1.54) is 18.2 Å². The Hall–Kier alpha value is -2.60. The summed E-state index contributed by atoms with van der Waals surface area (Å²) in [5.74, 6) is 0.0140. The van der Waals surface area contributed by atoms with Crippen LogP contribution in [0.15, 0.2) is 48.5 Å². The molecule has 1 aliphatic rings. The van der Waals surface area contributed by atoms with Gasteiger partial charge in [0.2, 0.25) is 5.91 Å². The molecule has 0 N–H and O–H groups in total. The maximum absolute atomic E-state index is 13.3. The highest BCUT2D eigenvalue weighted by Crippen LogP contribution is 2.23. The molecule has 2 aromatic carbocycles. The van der Waals surface area contributed by atoms with Crippen LogP contribution in [0.5, 0.6) is 5.75 Å². The molecule has 1 fully saturated rings. The third-order valence-corrected chi connectivity index (χ3v) is 4.93. The molecule has 0 atom stereocenters. The van der Waals surface area contributed by atoms with Gasteiger partial charge in [-0.2, -0.15) is 0 Å². The van der Waals surface area contributed by atoms with Crippen molar-refractivity contribution in [1.82, 2.24) is 9.80 Å². The molecule has 0 aliphatic carbocycles. The minimum Gasteiger partial charge on any atom is -0.492 e. The van der Waals surface area contributed by atoms with Gasteiger partial charge >= 0.3 is 0 Å². The molecule has 2 aromatic rings. The summed E-state index contributed by atoms with van der Waals surface area (Å²) < 4.78 is 18.9. The lowest BCUT2D eigenvalue weighted by Gasteiger charge is -2.35. The van der Waals surface area contributed by atoms with Crippen LogP contribution in [0.4, 0.5) is 4.39 Å². The van der Waals surface area contributed by atoms with E-state index in [2.05, 4.69) is 0 Å². The number of carbonyl (C=O) groups excluding carboxylic acids is 2. The number of hydrogen-bond donors (Lipinski definition) is 0. The lowest BCUT2D eigenvalue weighted by Crippen LogP contribution is -2.50. The van der Waals surface area contributed by atoms with Gasteiger partial charge in [-0.15, -0.1) is 0 Å². The van der Waals surface area contributed by atoms with Crippen molar-refractivity contribution >= 4 is 23.4 Å². The molecule has 1 aliphatic heterocycles. The first-order chi connectivity index (χ1) is 13.5. The van der Waals surface area contributed by atoms with E-state index < -0.39 is 5.82 Å². The van der Waals surface area contributed by atoms with Crippen molar-refractivity contribution in [1.29, 1.82) is 0 Å². The van der Waals surface area contributed by atoms with E-state index >= 15 is 0 Å². The predicted molar refractivity (Wildman–Crippen MR) is 105 cm³/mol. The molecular weight excluding hydrogens is 383 g/mol. The Morgan fingerprint density at radius 1 is 1.00 bits per heavy atom. The third-order valence-electron chi connectivity index (χ3n) is 4.62. The Bertz CT molecular complexity index is 838. The molecule has 2 amide bonds. The molecule has 3 rings (SSSR count). The number of benzene rings is 2. The first kappa shape index (κ1) is 20.1. The zero-order valence-electron chi connectivity index (χ0n) is 15.4. The summed E-state index contributed by atoms with van der Waals surface area (Å²) in [5, 5.41) is 0.549. The Morgan fingerprint density at radius 2 is 1.71 bits per heavy atom. The second kappa shape index (κ2) is 9.55. The van der Waals surface area contributed by atoms with E-state index in [9.17, 15) is 14.0 Å². The molecule has 0 radical (unpaired) electrons. The summed E-state index contributed by atoms with van der Waals surface area (Å²) >= 11 is 6.03. The lowest BCUT2D eigenvalue weighted by molar-refractivity contribution is -0.132. The monoisotopic (exact) mass is 404 g/mol. The highest BCUT2D eigenvalue weighted by atomic mass is 35.5. The van der Waals surface area contributed by atoms with E-state index in [0.29, 0.717) is 62.0 Å². The average Bonchev–Trinajstić information content (AvgIpc) is 2.72. The summed E-state index contributed by atoms with van der Waals surface area (Å²) in [7, 11) is 0. The minimum atomic E-state index is -0.432. The molecule has 0 saturated carbocycles. The third kappa shape index (κ3) is 5.23. The number of hydrogen-bond acceptors (Lipinski definition) is 3. The van der Waals surface area contributed by atoms with Gasteiger partial charge in [0.05, 0.1) is 11.6 Å². The topological polar surface area (TPSA) is 49.9 Å². The van der Waals surface area contributed by atoms with E-state index in [0.717, 1.165) is 0 Å². The van der Waals surface area contributed by atoms with Crippen molar-refractivity contribution in [2.45, 2.75) is 12.8 Å². The number of amides is 2. The molecule has 5 nitrogen and oxygen atoms in total. The molecule has 0 spiro atoms. The van der Waals surface area contributed by atoms with E-state index in [4.69, 9.17) is 16.3 Å². The second-order valence-corrected chi connectivity index (χ2v) is 6.97. The largest absolute Gasteiger partial charge is 0.492 e. The summed E-state index contributed by atoms with van der Waals surface area (Å²) in [6.45, 7) is 2.25. The number of nitrogens with zero attached hydrogens (tertiary/aromatic N) is 2. The minimum absolute atomic E-state index is 0.0422. The molecule has 28 heavy (non-hydrogen) atoms. The Balaban J connectivity index is 1.40. The highest BCUT2D eigenvalue weighted by molar-refractivity contribution is 6.32. The van der Waals surface area contributed by atoms with Gasteiger partial charge in [0.25, 0.3) is 5.91 Å². The van der Waals surface area contributed by atoms with Gasteiger partial charge in [-0.05, 0) is 36.8 Å². The second-order valence-electron chi connectivity index (χ2n) is 6.57. The average molecular weight is 405 g/mol. The van der Waals surface area contributed by atoms with Crippen LogP contribution in [0.3, 0.4) is 0 Å². The zero-order chi connectivity index (χ0) is 19.9. The molecule has 1 saturated heterocycles. The zero-order valence-corrected chi connectivity index (χ0v) is 16.2. The van der Waals surface area contributed by atoms with Crippen LogP contribution >= 0.6 is 11.6 Å². The van der Waals surface area contributed by atoms with Crippen LogP contribution < -0.4 is 4.74 Å². The van der Waals surface area contributed by atoms with Crippen LogP contribution in [-0.2, 0) is 4.79 Å². The smallest absolute Gasteiger partial charge is 0.254 e. The van der Waals surface area contributed by atoms with Crippen molar-refractivity contribution in [2.75, 3.05) is 32.8 Å². The molecule has 0 bridgehead atoms. The van der Waals surface area contributed by atoms with Crippen LogP contribution in [-0.4, -0.2) is 54.4 Å². The van der Waals surface area contributed by atoms with Crippen molar-refractivity contribution in [3.05, 3.63) is 64.9 Å². The standard InChI is InChI=1S/C21H22ClFN2O3/c22-18-7-1-2-8-19(18)28-14-4-9-20(26)24-10-12-25(13-11-24)21(27)16-5-3-6-17(23)15-16/h1-3,5-8,15H,4,9-14H2. The first-order valence-electron chi connectivity index (χ1n) is 9.24. The summed E-state index contributed by atoms with van der Waals surface area (Å²) in [6.07, 6.45) is 0.967. The molecular formula is C21H22ClFN2O3. The van der Waals surface area contributed by atoms with Crippen molar-refractivity contribution < 1.29 is 18.7 Å². The molecule has 0 aromatic heterocycles. The maximum atomic E-state index is 13.3. The van der Waals surface area contributed by atoms with Crippen LogP contribution in [0.2, 0.25) is 5.02 Å². The van der Waals surface area contributed by atoms with Gasteiger partial charge in [0, 0.05) is 38.2 Å². The number of halogens is 2. The lowest BCUT2D eigenvalue weighted by atomic mass is 10.1. The summed E-state index contributed by atoms with van der Waals surface area (Å²) in [4.78, 5) is 28.2. The van der Waals surface area contributed by atoms with E-state index in [-0.39, 0.29) is 11.8 Å². The van der Waals surface area contributed by atoms with Crippen molar-refractivity contribution in [2.24, 2.45) is 0 Å². The van der Waals surface area contributed by atoms with Gasteiger partial charge in [-0.3, -0.25) is 9.59 Å². The Kier molecular flexibility index (Phi) is 6.87. The molecule has 7 heteroatoms. The maximum Gasteiger partial charge on any atom is 0.254 e. The van der Waals surface area contributed by atoms with Gasteiger partial charge in [-0.25, -0.2) is 4.39 Å². The van der Waals surface area contributed by atoms with E-state index in [1.807, 2.05) is 12.1 Å². The van der Waals surface area contributed by atoms with Gasteiger partial charge in [-0.1, -0.05) is 29.8 Å². The quantitative estimate of drug-likeness (QED) is 0.691. The highest BCUT2D eigenvalue weighted by Gasteiger charge is 2.24. The number of para-hydroxylation sites is 1. The van der Waals surface area contributed by atoms with Gasteiger partial charge in [0.15, 0.2) is 0 Å².